The Kier molecular flexibility index (Phi) is 2.49. The van der Waals surface area contributed by atoms with Gasteiger partial charge in [-0.2, -0.15) is 0 Å². The van der Waals surface area contributed by atoms with Crippen LogP contribution >= 0.6 is 0 Å². The van der Waals surface area contributed by atoms with E-state index >= 15 is 0 Å². The van der Waals surface area contributed by atoms with Crippen molar-refractivity contribution in [1.29, 1.82) is 0 Å². The lowest BCUT2D eigenvalue weighted by molar-refractivity contribution is 0.402. The lowest BCUT2D eigenvalue weighted by Crippen LogP contribution is -2.10. The Balaban J connectivity index is 2.05. The van der Waals surface area contributed by atoms with E-state index in [-0.39, 0.29) is 0 Å². The van der Waals surface area contributed by atoms with E-state index in [1.807, 2.05) is 0 Å². The average Bonchev–Trinajstić information content (AvgIpc) is 2.66. The smallest absolute Gasteiger partial charge is 0.0227 e. The van der Waals surface area contributed by atoms with Gasteiger partial charge < -0.3 is 4.90 Å². The van der Waals surface area contributed by atoms with E-state index in [9.17, 15) is 0 Å². The molecule has 0 amide bonds. The summed E-state index contributed by atoms with van der Waals surface area (Å²) in [5.74, 6) is 0. The van der Waals surface area contributed by atoms with E-state index in [0.717, 1.165) is 13.0 Å². The molecule has 1 nitrogen and oxygen atoms in total. The van der Waals surface area contributed by atoms with Gasteiger partial charge in [0.15, 0.2) is 0 Å². The number of benzene rings is 2. The Labute approximate surface area is 103 Å². The molecule has 1 aliphatic carbocycles. The molecule has 0 unspecified atom stereocenters. The molecule has 0 saturated carbocycles. The van der Waals surface area contributed by atoms with Gasteiger partial charge in [0, 0.05) is 6.54 Å². The van der Waals surface area contributed by atoms with E-state index in [0.29, 0.717) is 0 Å². The van der Waals surface area contributed by atoms with Crippen LogP contribution < -0.4 is 0 Å². The van der Waals surface area contributed by atoms with Gasteiger partial charge in [-0.15, -0.1) is 0 Å². The predicted molar refractivity (Wildman–Crippen MR) is 72.1 cm³/mol. The molecule has 2 aromatic rings. The number of fused-ring (bicyclic) bond motifs is 3. The molecule has 0 heterocycles. The third kappa shape index (κ3) is 1.87. The van der Waals surface area contributed by atoms with Crippen LogP contribution in [0.4, 0.5) is 0 Å². The zero-order chi connectivity index (χ0) is 11.8. The Morgan fingerprint density at radius 1 is 0.941 bits per heavy atom. The molecule has 17 heavy (non-hydrogen) atoms. The van der Waals surface area contributed by atoms with Crippen molar-refractivity contribution in [3.63, 3.8) is 0 Å². The van der Waals surface area contributed by atoms with Crippen LogP contribution in [0.2, 0.25) is 0 Å². The minimum absolute atomic E-state index is 1.01. The molecule has 1 heteroatoms. The fourth-order valence-corrected chi connectivity index (χ4v) is 2.63. The standard InChI is InChI=1S/C16H17N/c1-17(2)11-12-7-8-14-10-13-5-3-4-6-15(13)16(14)9-12/h3-9H,10-11H2,1-2H3. The molecule has 0 N–H and O–H groups in total. The van der Waals surface area contributed by atoms with Gasteiger partial charge in [-0.3, -0.25) is 0 Å². The van der Waals surface area contributed by atoms with Crippen molar-refractivity contribution in [2.75, 3.05) is 14.1 Å². The van der Waals surface area contributed by atoms with E-state index in [1.165, 1.54) is 27.8 Å². The molecule has 0 radical (unpaired) electrons. The van der Waals surface area contributed by atoms with Gasteiger partial charge in [-0.05, 0) is 54.4 Å². The Hall–Kier alpha value is -1.60. The van der Waals surface area contributed by atoms with Crippen LogP contribution in [-0.2, 0) is 13.0 Å². The van der Waals surface area contributed by atoms with Crippen molar-refractivity contribution in [1.82, 2.24) is 4.90 Å². The van der Waals surface area contributed by atoms with E-state index < -0.39 is 0 Å². The molecule has 0 fully saturated rings. The van der Waals surface area contributed by atoms with Crippen LogP contribution in [0.3, 0.4) is 0 Å². The monoisotopic (exact) mass is 223 g/mol. The summed E-state index contributed by atoms with van der Waals surface area (Å²) >= 11 is 0. The highest BCUT2D eigenvalue weighted by Crippen LogP contribution is 2.36. The molecule has 3 rings (SSSR count). The van der Waals surface area contributed by atoms with Crippen molar-refractivity contribution in [2.45, 2.75) is 13.0 Å². The molecule has 0 atom stereocenters. The first kappa shape index (κ1) is 10.5. The minimum atomic E-state index is 1.01. The molecule has 0 aromatic heterocycles. The maximum absolute atomic E-state index is 2.35. The second kappa shape index (κ2) is 4.01. The first-order valence-corrected chi connectivity index (χ1v) is 6.09. The first-order chi connectivity index (χ1) is 8.24. The van der Waals surface area contributed by atoms with Gasteiger partial charge in [-0.1, -0.05) is 36.4 Å². The van der Waals surface area contributed by atoms with Gasteiger partial charge in [0.2, 0.25) is 0 Å². The summed E-state index contributed by atoms with van der Waals surface area (Å²) in [6.07, 6.45) is 1.09. The average molecular weight is 223 g/mol. The quantitative estimate of drug-likeness (QED) is 0.644. The van der Waals surface area contributed by atoms with Crippen molar-refractivity contribution < 1.29 is 0 Å². The van der Waals surface area contributed by atoms with Gasteiger partial charge in [0.25, 0.3) is 0 Å². The summed E-state index contributed by atoms with van der Waals surface area (Å²) in [4.78, 5) is 2.21. The Morgan fingerprint density at radius 3 is 2.53 bits per heavy atom. The van der Waals surface area contributed by atoms with Crippen LogP contribution in [0.25, 0.3) is 11.1 Å². The van der Waals surface area contributed by atoms with Crippen molar-refractivity contribution >= 4 is 0 Å². The second-order valence-electron chi connectivity index (χ2n) is 5.06. The van der Waals surface area contributed by atoms with Crippen LogP contribution in [0, 0.1) is 0 Å². The molecule has 1 aliphatic rings. The van der Waals surface area contributed by atoms with Crippen LogP contribution in [0.1, 0.15) is 16.7 Å². The second-order valence-corrected chi connectivity index (χ2v) is 5.06. The SMILES string of the molecule is CN(C)Cc1ccc2c(c1)-c1ccccc1C2. The third-order valence-electron chi connectivity index (χ3n) is 3.36. The summed E-state index contributed by atoms with van der Waals surface area (Å²) in [7, 11) is 4.22. The lowest BCUT2D eigenvalue weighted by atomic mass is 10.0. The highest BCUT2D eigenvalue weighted by atomic mass is 15.0. The molecule has 86 valence electrons. The fourth-order valence-electron chi connectivity index (χ4n) is 2.63. The molecule has 2 aromatic carbocycles. The van der Waals surface area contributed by atoms with Crippen molar-refractivity contribution in [2.24, 2.45) is 0 Å². The Bertz CT molecular complexity index is 555. The highest BCUT2D eigenvalue weighted by molar-refractivity contribution is 5.77. The zero-order valence-corrected chi connectivity index (χ0v) is 10.4. The van der Waals surface area contributed by atoms with Gasteiger partial charge in [0.1, 0.15) is 0 Å². The van der Waals surface area contributed by atoms with Gasteiger partial charge in [0.05, 0.1) is 0 Å². The van der Waals surface area contributed by atoms with E-state index in [4.69, 9.17) is 0 Å². The molecule has 0 bridgehead atoms. The molecule has 0 spiro atoms. The molecule has 0 aliphatic heterocycles. The van der Waals surface area contributed by atoms with Crippen LogP contribution in [-0.4, -0.2) is 19.0 Å². The number of rotatable bonds is 2. The number of hydrogen-bond donors (Lipinski definition) is 0. The zero-order valence-electron chi connectivity index (χ0n) is 10.4. The van der Waals surface area contributed by atoms with Crippen LogP contribution in [0.15, 0.2) is 42.5 Å². The topological polar surface area (TPSA) is 3.24 Å². The summed E-state index contributed by atoms with van der Waals surface area (Å²) in [6, 6.07) is 15.6. The fraction of sp³-hybridized carbons (Fsp3) is 0.250. The van der Waals surface area contributed by atoms with Crippen LogP contribution in [0.5, 0.6) is 0 Å². The lowest BCUT2D eigenvalue weighted by Gasteiger charge is -2.11. The molecule has 0 saturated heterocycles. The normalized spacial score (nSPS) is 12.6. The summed E-state index contributed by atoms with van der Waals surface area (Å²) in [5, 5.41) is 0. The largest absolute Gasteiger partial charge is 0.305 e. The molecular formula is C16H17N. The Morgan fingerprint density at radius 2 is 1.71 bits per heavy atom. The summed E-state index contributed by atoms with van der Waals surface area (Å²) < 4.78 is 0. The van der Waals surface area contributed by atoms with Gasteiger partial charge >= 0.3 is 0 Å². The number of nitrogens with zero attached hydrogens (tertiary/aromatic N) is 1. The van der Waals surface area contributed by atoms with Gasteiger partial charge in [-0.25, -0.2) is 0 Å². The maximum atomic E-state index is 2.35. The van der Waals surface area contributed by atoms with E-state index in [2.05, 4.69) is 61.5 Å². The van der Waals surface area contributed by atoms with Crippen molar-refractivity contribution in [3.05, 3.63) is 59.2 Å². The summed E-state index contributed by atoms with van der Waals surface area (Å²) in [6.45, 7) is 1.01. The maximum Gasteiger partial charge on any atom is 0.0227 e. The summed E-state index contributed by atoms with van der Waals surface area (Å²) in [5.41, 5.74) is 7.17. The third-order valence-corrected chi connectivity index (χ3v) is 3.36. The highest BCUT2D eigenvalue weighted by Gasteiger charge is 2.17. The first-order valence-electron chi connectivity index (χ1n) is 6.09. The number of hydrogen-bond acceptors (Lipinski definition) is 1. The van der Waals surface area contributed by atoms with E-state index in [1.54, 1.807) is 0 Å². The minimum Gasteiger partial charge on any atom is -0.305 e. The predicted octanol–water partition coefficient (Wildman–Crippen LogP) is 3.32. The molecular weight excluding hydrogens is 206 g/mol. The van der Waals surface area contributed by atoms with Crippen molar-refractivity contribution in [3.8, 4) is 11.1 Å².